The molecule has 1 aromatic carbocycles. The Morgan fingerprint density at radius 1 is 1.12 bits per heavy atom. The van der Waals surface area contributed by atoms with Gasteiger partial charge in [0.15, 0.2) is 5.75 Å². The fourth-order valence-electron chi connectivity index (χ4n) is 1.40. The van der Waals surface area contributed by atoms with E-state index in [1.54, 1.807) is 13.8 Å². The van der Waals surface area contributed by atoms with Gasteiger partial charge in [-0.2, -0.15) is 0 Å². The molecule has 16 heavy (non-hydrogen) atoms. The van der Waals surface area contributed by atoms with Crippen LogP contribution in [0.25, 0.3) is 0 Å². The average Bonchev–Trinajstić information content (AvgIpc) is 2.12. The number of halogens is 3. The van der Waals surface area contributed by atoms with E-state index in [4.69, 9.17) is 44.3 Å². The van der Waals surface area contributed by atoms with E-state index >= 15 is 0 Å². The van der Waals surface area contributed by atoms with Gasteiger partial charge in [-0.15, -0.1) is 0 Å². The lowest BCUT2D eigenvalue weighted by molar-refractivity contribution is -0.127. The van der Waals surface area contributed by atoms with Crippen molar-refractivity contribution >= 4 is 40.8 Å². The molecule has 0 saturated carbocycles. The van der Waals surface area contributed by atoms with E-state index in [-0.39, 0.29) is 26.4 Å². The summed E-state index contributed by atoms with van der Waals surface area (Å²) in [6, 6.07) is 1.43. The van der Waals surface area contributed by atoms with Crippen molar-refractivity contribution in [3.63, 3.8) is 0 Å². The smallest absolute Gasteiger partial charge is 0.346 e. The molecule has 1 aromatic rings. The fraction of sp³-hybridized carbons (Fsp3) is 0.300. The van der Waals surface area contributed by atoms with Gasteiger partial charge in [-0.25, -0.2) is 4.79 Å². The Bertz CT molecular complexity index is 483. The lowest BCUT2D eigenvalue weighted by Crippen LogP contribution is -2.39. The normalized spacial score (nSPS) is 17.4. The van der Waals surface area contributed by atoms with E-state index in [9.17, 15) is 4.79 Å². The van der Waals surface area contributed by atoms with Crippen molar-refractivity contribution in [2.75, 3.05) is 0 Å². The quantitative estimate of drug-likeness (QED) is 0.534. The number of cyclic esters (lactones) is 1. The number of hydrogen-bond donors (Lipinski definition) is 0. The van der Waals surface area contributed by atoms with E-state index in [1.165, 1.54) is 6.07 Å². The standard InChI is InChI=1S/C10H7Cl3O3/c1-10(2)15-8-5(12)3-4(11)7(13)6(8)9(14)16-10/h3H,1-2H3. The molecular weight excluding hydrogens is 274 g/mol. The topological polar surface area (TPSA) is 35.5 Å². The van der Waals surface area contributed by atoms with Crippen molar-refractivity contribution in [2.24, 2.45) is 0 Å². The zero-order chi connectivity index (χ0) is 12.1. The predicted octanol–water partition coefficient (Wildman–Crippen LogP) is 3.93. The summed E-state index contributed by atoms with van der Waals surface area (Å²) in [4.78, 5) is 11.7. The Morgan fingerprint density at radius 2 is 1.75 bits per heavy atom. The summed E-state index contributed by atoms with van der Waals surface area (Å²) >= 11 is 17.6. The summed E-state index contributed by atoms with van der Waals surface area (Å²) in [5, 5.41) is 0.501. The minimum Gasteiger partial charge on any atom is -0.450 e. The Kier molecular flexibility index (Phi) is 2.73. The number of ether oxygens (including phenoxy) is 2. The number of fused-ring (bicyclic) bond motifs is 1. The van der Waals surface area contributed by atoms with Crippen molar-refractivity contribution in [3.8, 4) is 5.75 Å². The van der Waals surface area contributed by atoms with E-state index in [1.807, 2.05) is 0 Å². The maximum atomic E-state index is 11.7. The van der Waals surface area contributed by atoms with Gasteiger partial charge in [0, 0.05) is 13.8 Å². The minimum atomic E-state index is -1.06. The zero-order valence-corrected chi connectivity index (χ0v) is 10.7. The van der Waals surface area contributed by atoms with E-state index < -0.39 is 11.8 Å². The predicted molar refractivity (Wildman–Crippen MR) is 61.6 cm³/mol. The van der Waals surface area contributed by atoms with Crippen molar-refractivity contribution in [1.82, 2.24) is 0 Å². The van der Waals surface area contributed by atoms with Gasteiger partial charge < -0.3 is 9.47 Å². The Hall–Kier alpha value is -0.640. The van der Waals surface area contributed by atoms with Crippen LogP contribution in [0, 0.1) is 0 Å². The Labute approximate surface area is 107 Å². The van der Waals surface area contributed by atoms with Gasteiger partial charge in [0.1, 0.15) is 5.56 Å². The number of carbonyl (C=O) groups excluding carboxylic acids is 1. The fourth-order valence-corrected chi connectivity index (χ4v) is 2.12. The maximum absolute atomic E-state index is 11.7. The molecule has 0 atom stereocenters. The highest BCUT2D eigenvalue weighted by atomic mass is 35.5. The number of hydrogen-bond acceptors (Lipinski definition) is 3. The molecule has 0 aliphatic carbocycles. The number of esters is 1. The van der Waals surface area contributed by atoms with Gasteiger partial charge in [0.2, 0.25) is 5.79 Å². The molecule has 1 heterocycles. The lowest BCUT2D eigenvalue weighted by Gasteiger charge is -2.32. The highest BCUT2D eigenvalue weighted by Crippen LogP contribution is 2.43. The molecule has 0 unspecified atom stereocenters. The number of rotatable bonds is 0. The van der Waals surface area contributed by atoms with Gasteiger partial charge in [0.05, 0.1) is 15.1 Å². The number of benzene rings is 1. The molecule has 1 aliphatic heterocycles. The van der Waals surface area contributed by atoms with Crippen LogP contribution in [0.1, 0.15) is 24.2 Å². The van der Waals surface area contributed by atoms with Gasteiger partial charge >= 0.3 is 5.97 Å². The third kappa shape index (κ3) is 1.83. The first-order chi connectivity index (χ1) is 7.32. The van der Waals surface area contributed by atoms with E-state index in [2.05, 4.69) is 0 Å². The first-order valence-electron chi connectivity index (χ1n) is 4.41. The molecule has 3 nitrogen and oxygen atoms in total. The van der Waals surface area contributed by atoms with Crippen LogP contribution in [0.3, 0.4) is 0 Å². The largest absolute Gasteiger partial charge is 0.450 e. The molecule has 0 amide bonds. The molecule has 0 saturated heterocycles. The molecule has 6 heteroatoms. The van der Waals surface area contributed by atoms with Crippen LogP contribution in [0.15, 0.2) is 6.07 Å². The van der Waals surface area contributed by atoms with Crippen LogP contribution in [0.5, 0.6) is 5.75 Å². The first kappa shape index (κ1) is 11.8. The summed E-state index contributed by atoms with van der Waals surface area (Å²) < 4.78 is 10.5. The van der Waals surface area contributed by atoms with Crippen LogP contribution < -0.4 is 4.74 Å². The van der Waals surface area contributed by atoms with Crippen LogP contribution in [0.4, 0.5) is 0 Å². The Balaban J connectivity index is 2.69. The third-order valence-electron chi connectivity index (χ3n) is 2.02. The van der Waals surface area contributed by atoms with Gasteiger partial charge in [-0.3, -0.25) is 0 Å². The highest BCUT2D eigenvalue weighted by molar-refractivity contribution is 6.45. The molecule has 0 aromatic heterocycles. The van der Waals surface area contributed by atoms with Gasteiger partial charge in [-0.1, -0.05) is 34.8 Å². The Morgan fingerprint density at radius 3 is 2.38 bits per heavy atom. The molecule has 1 aliphatic rings. The second-order valence-electron chi connectivity index (χ2n) is 3.75. The number of carbonyl (C=O) groups is 1. The SMILES string of the molecule is CC1(C)OC(=O)c2c(Cl)c(Cl)cc(Cl)c2O1. The molecular formula is C10H7Cl3O3. The van der Waals surface area contributed by atoms with Crippen LogP contribution in [-0.2, 0) is 4.74 Å². The van der Waals surface area contributed by atoms with Crippen molar-refractivity contribution in [3.05, 3.63) is 26.7 Å². The first-order valence-corrected chi connectivity index (χ1v) is 5.55. The van der Waals surface area contributed by atoms with E-state index in [0.717, 1.165) is 0 Å². The summed E-state index contributed by atoms with van der Waals surface area (Å²) in [5.41, 5.74) is 0.0680. The molecule has 0 N–H and O–H groups in total. The van der Waals surface area contributed by atoms with Crippen molar-refractivity contribution < 1.29 is 14.3 Å². The maximum Gasteiger partial charge on any atom is 0.346 e. The van der Waals surface area contributed by atoms with Gasteiger partial charge in [0.25, 0.3) is 0 Å². The molecule has 0 fully saturated rings. The van der Waals surface area contributed by atoms with Crippen LogP contribution in [-0.4, -0.2) is 11.8 Å². The third-order valence-corrected chi connectivity index (χ3v) is 3.09. The second kappa shape index (κ2) is 3.69. The monoisotopic (exact) mass is 280 g/mol. The zero-order valence-electron chi connectivity index (χ0n) is 8.44. The average molecular weight is 282 g/mol. The second-order valence-corrected chi connectivity index (χ2v) is 4.94. The molecule has 2 rings (SSSR count). The van der Waals surface area contributed by atoms with Crippen molar-refractivity contribution in [2.45, 2.75) is 19.6 Å². The molecule has 0 bridgehead atoms. The summed E-state index contributed by atoms with van der Waals surface area (Å²) in [5.74, 6) is -1.46. The van der Waals surface area contributed by atoms with Crippen molar-refractivity contribution in [1.29, 1.82) is 0 Å². The van der Waals surface area contributed by atoms with Crippen LogP contribution in [0.2, 0.25) is 15.1 Å². The molecule has 0 spiro atoms. The van der Waals surface area contributed by atoms with Crippen LogP contribution >= 0.6 is 34.8 Å². The minimum absolute atomic E-state index is 0.0680. The molecule has 0 radical (unpaired) electrons. The van der Waals surface area contributed by atoms with E-state index in [0.29, 0.717) is 0 Å². The highest BCUT2D eigenvalue weighted by Gasteiger charge is 2.37. The molecule has 86 valence electrons. The summed E-state index contributed by atoms with van der Waals surface area (Å²) in [6.45, 7) is 3.21. The van der Waals surface area contributed by atoms with Gasteiger partial charge in [-0.05, 0) is 6.07 Å². The lowest BCUT2D eigenvalue weighted by atomic mass is 10.1. The summed E-state index contributed by atoms with van der Waals surface area (Å²) in [7, 11) is 0. The summed E-state index contributed by atoms with van der Waals surface area (Å²) in [6.07, 6.45) is 0.